The summed E-state index contributed by atoms with van der Waals surface area (Å²) < 4.78 is 0. The molecule has 3 nitrogen and oxygen atoms in total. The molecule has 0 spiro atoms. The van der Waals surface area contributed by atoms with Gasteiger partial charge in [0.1, 0.15) is 0 Å². The Kier molecular flexibility index (Phi) is 12.7. The lowest BCUT2D eigenvalue weighted by molar-refractivity contribution is 0.234. The molecule has 0 aromatic rings. The number of thioether (sulfide) groups is 3. The molecule has 1 saturated heterocycles. The van der Waals surface area contributed by atoms with E-state index in [-0.39, 0.29) is 0 Å². The molecule has 0 amide bonds. The molecule has 0 bridgehead atoms. The van der Waals surface area contributed by atoms with E-state index in [4.69, 9.17) is 0 Å². The van der Waals surface area contributed by atoms with Gasteiger partial charge < -0.3 is 0 Å². The van der Waals surface area contributed by atoms with Crippen LogP contribution in [0.25, 0.3) is 0 Å². The van der Waals surface area contributed by atoms with Crippen molar-refractivity contribution < 1.29 is 0 Å². The molecule has 1 aliphatic rings. The Balaban J connectivity index is 2.49. The maximum Gasteiger partial charge on any atom is 0.0110 e. The van der Waals surface area contributed by atoms with Crippen molar-refractivity contribution in [1.29, 1.82) is 0 Å². The highest BCUT2D eigenvalue weighted by Gasteiger charge is 2.15. The van der Waals surface area contributed by atoms with Gasteiger partial charge >= 0.3 is 0 Å². The van der Waals surface area contributed by atoms with Crippen molar-refractivity contribution >= 4 is 35.3 Å². The number of hydrogen-bond acceptors (Lipinski definition) is 6. The van der Waals surface area contributed by atoms with E-state index < -0.39 is 0 Å². The second kappa shape index (κ2) is 13.4. The highest BCUT2D eigenvalue weighted by molar-refractivity contribution is 7.99. The Labute approximate surface area is 144 Å². The first-order chi connectivity index (χ1) is 10.3. The maximum absolute atomic E-state index is 2.67. The van der Waals surface area contributed by atoms with Crippen LogP contribution >= 0.6 is 35.3 Å². The second-order valence-corrected chi connectivity index (χ2v) is 8.46. The molecule has 0 aliphatic carbocycles. The molecule has 1 rings (SSSR count). The van der Waals surface area contributed by atoms with Gasteiger partial charge in [-0.15, -0.1) is 0 Å². The summed E-state index contributed by atoms with van der Waals surface area (Å²) in [5, 5.41) is 0. The summed E-state index contributed by atoms with van der Waals surface area (Å²) >= 11 is 5.90. The first-order valence-corrected chi connectivity index (χ1v) is 12.1. The van der Waals surface area contributed by atoms with E-state index >= 15 is 0 Å². The van der Waals surface area contributed by atoms with E-state index in [1.165, 1.54) is 76.2 Å². The summed E-state index contributed by atoms with van der Waals surface area (Å²) in [6.07, 6.45) is 6.64. The highest BCUT2D eigenvalue weighted by Crippen LogP contribution is 2.05. The van der Waals surface area contributed by atoms with Gasteiger partial charge in [0, 0.05) is 76.2 Å². The molecular weight excluding hydrogens is 318 g/mol. The standard InChI is InChI=1S/C15H33N3S3/c1-19-13-10-16-4-6-17(11-14-20-2)8-9-18(7-5-16)12-15-21-3/h4-15H2,1-3H3. The molecule has 0 aromatic heterocycles. The molecule has 1 fully saturated rings. The van der Waals surface area contributed by atoms with Crippen molar-refractivity contribution in [3.05, 3.63) is 0 Å². The van der Waals surface area contributed by atoms with E-state index in [1.807, 2.05) is 35.3 Å². The lowest BCUT2D eigenvalue weighted by Crippen LogP contribution is -2.37. The molecule has 21 heavy (non-hydrogen) atoms. The Hall–Kier alpha value is 0.930. The van der Waals surface area contributed by atoms with Crippen molar-refractivity contribution in [3.63, 3.8) is 0 Å². The largest absolute Gasteiger partial charge is 0.300 e. The molecule has 0 N–H and O–H groups in total. The van der Waals surface area contributed by atoms with Crippen LogP contribution in [0.3, 0.4) is 0 Å². The Bertz CT molecular complexity index is 194. The summed E-state index contributed by atoms with van der Waals surface area (Å²) in [6.45, 7) is 11.2. The van der Waals surface area contributed by atoms with Crippen LogP contribution in [0.5, 0.6) is 0 Å². The van der Waals surface area contributed by atoms with Crippen LogP contribution in [0.1, 0.15) is 0 Å². The Morgan fingerprint density at radius 3 is 0.952 bits per heavy atom. The molecular formula is C15H33N3S3. The van der Waals surface area contributed by atoms with Crippen LogP contribution in [0.4, 0.5) is 0 Å². The van der Waals surface area contributed by atoms with Crippen LogP contribution in [-0.2, 0) is 0 Å². The smallest absolute Gasteiger partial charge is 0.0110 e. The predicted octanol–water partition coefficient (Wildman–Crippen LogP) is 2.00. The van der Waals surface area contributed by atoms with Crippen LogP contribution in [0.15, 0.2) is 0 Å². The molecule has 0 saturated carbocycles. The third kappa shape index (κ3) is 9.61. The van der Waals surface area contributed by atoms with E-state index in [0.717, 1.165) is 0 Å². The van der Waals surface area contributed by atoms with E-state index in [9.17, 15) is 0 Å². The predicted molar refractivity (Wildman–Crippen MR) is 104 cm³/mol. The average Bonchev–Trinajstić information content (AvgIpc) is 2.60. The number of nitrogens with zero attached hydrogens (tertiary/aromatic N) is 3. The van der Waals surface area contributed by atoms with Gasteiger partial charge in [0.25, 0.3) is 0 Å². The maximum atomic E-state index is 2.67. The molecule has 1 aliphatic heterocycles. The van der Waals surface area contributed by atoms with Crippen molar-refractivity contribution in [2.75, 3.05) is 94.9 Å². The fraction of sp³-hybridized carbons (Fsp3) is 1.00. The molecule has 0 aromatic carbocycles. The third-order valence-electron chi connectivity index (χ3n) is 4.03. The Morgan fingerprint density at radius 2 is 0.762 bits per heavy atom. The average molecular weight is 352 g/mol. The SMILES string of the molecule is CSCCN1CCN(CCSC)CCN(CCSC)CC1. The molecule has 1 heterocycles. The summed E-state index contributed by atoms with van der Waals surface area (Å²) in [7, 11) is 0. The minimum absolute atomic E-state index is 1.24. The zero-order valence-corrected chi connectivity index (χ0v) is 16.5. The van der Waals surface area contributed by atoms with E-state index in [1.54, 1.807) is 0 Å². The van der Waals surface area contributed by atoms with Gasteiger partial charge in [0.2, 0.25) is 0 Å². The summed E-state index contributed by atoms with van der Waals surface area (Å²) in [5.74, 6) is 3.78. The van der Waals surface area contributed by atoms with Crippen LogP contribution in [0, 0.1) is 0 Å². The minimum Gasteiger partial charge on any atom is -0.300 e. The van der Waals surface area contributed by atoms with Crippen LogP contribution in [0.2, 0.25) is 0 Å². The summed E-state index contributed by atoms with van der Waals surface area (Å²) in [6, 6.07) is 0. The summed E-state index contributed by atoms with van der Waals surface area (Å²) in [5.41, 5.74) is 0. The van der Waals surface area contributed by atoms with Crippen LogP contribution < -0.4 is 0 Å². The normalized spacial score (nSPS) is 20.1. The molecule has 126 valence electrons. The lowest BCUT2D eigenvalue weighted by Gasteiger charge is -2.25. The topological polar surface area (TPSA) is 9.72 Å². The fourth-order valence-electron chi connectivity index (χ4n) is 2.52. The minimum atomic E-state index is 1.24. The van der Waals surface area contributed by atoms with Gasteiger partial charge in [-0.25, -0.2) is 0 Å². The molecule has 0 radical (unpaired) electrons. The molecule has 0 unspecified atom stereocenters. The molecule has 0 atom stereocenters. The van der Waals surface area contributed by atoms with Crippen molar-refractivity contribution in [2.24, 2.45) is 0 Å². The van der Waals surface area contributed by atoms with E-state index in [2.05, 4.69) is 33.5 Å². The molecule has 6 heteroatoms. The third-order valence-corrected chi connectivity index (χ3v) is 5.80. The lowest BCUT2D eigenvalue weighted by atomic mass is 10.4. The zero-order valence-electron chi connectivity index (χ0n) is 14.1. The van der Waals surface area contributed by atoms with Gasteiger partial charge in [0.05, 0.1) is 0 Å². The van der Waals surface area contributed by atoms with Gasteiger partial charge in [-0.1, -0.05) is 0 Å². The monoisotopic (exact) mass is 351 g/mol. The first-order valence-electron chi connectivity index (χ1n) is 7.94. The van der Waals surface area contributed by atoms with Crippen molar-refractivity contribution in [2.45, 2.75) is 0 Å². The number of rotatable bonds is 9. The summed E-state index contributed by atoms with van der Waals surface area (Å²) in [4.78, 5) is 8.00. The van der Waals surface area contributed by atoms with E-state index in [0.29, 0.717) is 0 Å². The van der Waals surface area contributed by atoms with Gasteiger partial charge in [-0.05, 0) is 18.8 Å². The number of hydrogen-bond donors (Lipinski definition) is 0. The van der Waals surface area contributed by atoms with Gasteiger partial charge in [-0.3, -0.25) is 14.7 Å². The quantitative estimate of drug-likeness (QED) is 0.624. The zero-order chi connectivity index (χ0) is 15.3. The van der Waals surface area contributed by atoms with Gasteiger partial charge in [0.15, 0.2) is 0 Å². The Morgan fingerprint density at radius 1 is 0.524 bits per heavy atom. The van der Waals surface area contributed by atoms with Crippen molar-refractivity contribution in [3.8, 4) is 0 Å². The highest BCUT2D eigenvalue weighted by atomic mass is 32.2. The van der Waals surface area contributed by atoms with Gasteiger partial charge in [-0.2, -0.15) is 35.3 Å². The fourth-order valence-corrected chi connectivity index (χ4v) is 3.84. The van der Waals surface area contributed by atoms with Crippen molar-refractivity contribution in [1.82, 2.24) is 14.7 Å². The van der Waals surface area contributed by atoms with Crippen LogP contribution in [-0.4, -0.2) is 110 Å². The first kappa shape index (κ1) is 20.0. The second-order valence-electron chi connectivity index (χ2n) is 5.50.